The lowest BCUT2D eigenvalue weighted by molar-refractivity contribution is 0.0949. The van der Waals surface area contributed by atoms with Crippen LogP contribution in [0.1, 0.15) is 16.2 Å². The first-order chi connectivity index (χ1) is 9.84. The summed E-state index contributed by atoms with van der Waals surface area (Å²) in [7, 11) is 0. The van der Waals surface area contributed by atoms with E-state index in [-0.39, 0.29) is 5.91 Å². The van der Waals surface area contributed by atoms with Crippen LogP contribution in [0, 0.1) is 0 Å². The predicted octanol–water partition coefficient (Wildman–Crippen LogP) is 1.79. The molecule has 1 aromatic carbocycles. The zero-order chi connectivity index (χ0) is 13.8. The monoisotopic (exact) mass is 268 g/mol. The zero-order valence-corrected chi connectivity index (χ0v) is 10.6. The van der Waals surface area contributed by atoms with E-state index >= 15 is 0 Å². The number of hydrogen-bond donors (Lipinski definition) is 1. The molecule has 0 unspecified atom stereocenters. The van der Waals surface area contributed by atoms with Gasteiger partial charge in [0.05, 0.1) is 18.4 Å². The Morgan fingerprint density at radius 1 is 1.25 bits per heavy atom. The van der Waals surface area contributed by atoms with Gasteiger partial charge in [0.2, 0.25) is 0 Å². The van der Waals surface area contributed by atoms with E-state index in [2.05, 4.69) is 15.5 Å². The number of carbonyl (C=O) groups is 1. The second-order valence-corrected chi connectivity index (χ2v) is 4.15. The van der Waals surface area contributed by atoms with Gasteiger partial charge >= 0.3 is 0 Å². The van der Waals surface area contributed by atoms with Crippen molar-refractivity contribution >= 4 is 5.91 Å². The fraction of sp³-hybridized carbons (Fsp3) is 0.0714. The number of benzene rings is 1. The van der Waals surface area contributed by atoms with Crippen molar-refractivity contribution in [2.24, 2.45) is 0 Å². The molecule has 2 heterocycles. The smallest absolute Gasteiger partial charge is 0.254 e. The lowest BCUT2D eigenvalue weighted by Crippen LogP contribution is -2.24. The first-order valence-electron chi connectivity index (χ1n) is 6.09. The summed E-state index contributed by atoms with van der Waals surface area (Å²) in [6.45, 7) is 0.291. The second-order valence-electron chi connectivity index (χ2n) is 4.15. The molecule has 0 aliphatic carbocycles. The molecular weight excluding hydrogens is 256 g/mol. The van der Waals surface area contributed by atoms with Crippen molar-refractivity contribution in [3.8, 4) is 5.69 Å². The molecular formula is C14H12N4O2. The Hall–Kier alpha value is -2.89. The molecule has 0 saturated carbocycles. The van der Waals surface area contributed by atoms with E-state index in [1.165, 1.54) is 12.5 Å². The van der Waals surface area contributed by atoms with Gasteiger partial charge in [-0.15, -0.1) is 10.2 Å². The Morgan fingerprint density at radius 3 is 2.85 bits per heavy atom. The van der Waals surface area contributed by atoms with E-state index in [4.69, 9.17) is 4.42 Å². The van der Waals surface area contributed by atoms with Gasteiger partial charge in [0.1, 0.15) is 12.6 Å². The number of rotatable bonds is 4. The Morgan fingerprint density at radius 2 is 2.10 bits per heavy atom. The predicted molar refractivity (Wildman–Crippen MR) is 71.2 cm³/mol. The summed E-state index contributed by atoms with van der Waals surface area (Å²) in [5, 5.41) is 10.7. The van der Waals surface area contributed by atoms with Gasteiger partial charge in [0.25, 0.3) is 5.91 Å². The van der Waals surface area contributed by atoms with Crippen LogP contribution < -0.4 is 5.32 Å². The number of aromatic nitrogens is 3. The van der Waals surface area contributed by atoms with Crippen molar-refractivity contribution in [3.05, 3.63) is 66.6 Å². The molecule has 0 spiro atoms. The molecule has 2 aromatic heterocycles. The molecule has 6 heteroatoms. The quantitative estimate of drug-likeness (QED) is 0.783. The van der Waals surface area contributed by atoms with Crippen LogP contribution in [0.3, 0.4) is 0 Å². The third-order valence-corrected chi connectivity index (χ3v) is 2.84. The molecule has 1 N–H and O–H groups in total. The molecule has 0 atom stereocenters. The van der Waals surface area contributed by atoms with E-state index in [0.29, 0.717) is 17.9 Å². The van der Waals surface area contributed by atoms with Crippen molar-refractivity contribution in [1.29, 1.82) is 0 Å². The summed E-state index contributed by atoms with van der Waals surface area (Å²) in [6.07, 6.45) is 4.48. The molecule has 0 aliphatic heterocycles. The molecule has 3 rings (SSSR count). The van der Waals surface area contributed by atoms with Crippen LogP contribution in [0.5, 0.6) is 0 Å². The standard InChI is InChI=1S/C14H12N4O2/c19-14(11-6-7-20-9-11)15-8-13-17-16-10-18(13)12-4-2-1-3-5-12/h1-7,9-10H,8H2,(H,15,19). The van der Waals surface area contributed by atoms with Gasteiger partial charge in [-0.2, -0.15) is 0 Å². The molecule has 20 heavy (non-hydrogen) atoms. The highest BCUT2D eigenvalue weighted by Gasteiger charge is 2.10. The molecule has 0 bridgehead atoms. The molecule has 1 amide bonds. The maximum Gasteiger partial charge on any atom is 0.254 e. The molecule has 0 saturated heterocycles. The molecule has 100 valence electrons. The van der Waals surface area contributed by atoms with Crippen molar-refractivity contribution in [1.82, 2.24) is 20.1 Å². The highest BCUT2D eigenvalue weighted by molar-refractivity contribution is 5.93. The Bertz CT molecular complexity index is 689. The van der Waals surface area contributed by atoms with Gasteiger partial charge in [-0.25, -0.2) is 0 Å². The Kier molecular flexibility index (Phi) is 3.28. The first-order valence-corrected chi connectivity index (χ1v) is 6.09. The average molecular weight is 268 g/mol. The number of para-hydroxylation sites is 1. The summed E-state index contributed by atoms with van der Waals surface area (Å²) < 4.78 is 6.70. The van der Waals surface area contributed by atoms with Crippen molar-refractivity contribution in [2.75, 3.05) is 0 Å². The lowest BCUT2D eigenvalue weighted by Gasteiger charge is -2.07. The Labute approximate surface area is 115 Å². The van der Waals surface area contributed by atoms with Gasteiger partial charge in [-0.1, -0.05) is 18.2 Å². The van der Waals surface area contributed by atoms with E-state index in [0.717, 1.165) is 5.69 Å². The summed E-state index contributed by atoms with van der Waals surface area (Å²) >= 11 is 0. The molecule has 3 aromatic rings. The minimum atomic E-state index is -0.207. The van der Waals surface area contributed by atoms with E-state index < -0.39 is 0 Å². The number of hydrogen-bond acceptors (Lipinski definition) is 4. The number of furan rings is 1. The first kappa shape index (κ1) is 12.2. The maximum absolute atomic E-state index is 11.8. The summed E-state index contributed by atoms with van der Waals surface area (Å²) in [5.41, 5.74) is 1.43. The number of carbonyl (C=O) groups excluding carboxylic acids is 1. The second kappa shape index (κ2) is 5.40. The topological polar surface area (TPSA) is 73.0 Å². The largest absolute Gasteiger partial charge is 0.472 e. The molecule has 0 fully saturated rings. The number of nitrogens with one attached hydrogen (secondary N) is 1. The fourth-order valence-electron chi connectivity index (χ4n) is 1.84. The zero-order valence-electron chi connectivity index (χ0n) is 10.6. The number of nitrogens with zero attached hydrogens (tertiary/aromatic N) is 3. The van der Waals surface area contributed by atoms with Gasteiger partial charge in [-0.05, 0) is 18.2 Å². The highest BCUT2D eigenvalue weighted by Crippen LogP contribution is 2.09. The van der Waals surface area contributed by atoms with Crippen LogP contribution in [-0.2, 0) is 6.54 Å². The van der Waals surface area contributed by atoms with Crippen LogP contribution >= 0.6 is 0 Å². The van der Waals surface area contributed by atoms with Gasteiger partial charge < -0.3 is 9.73 Å². The molecule has 0 aliphatic rings. The SMILES string of the molecule is O=C(NCc1nncn1-c1ccccc1)c1ccoc1. The maximum atomic E-state index is 11.8. The average Bonchev–Trinajstić information content (AvgIpc) is 3.17. The highest BCUT2D eigenvalue weighted by atomic mass is 16.3. The fourth-order valence-corrected chi connectivity index (χ4v) is 1.84. The molecule has 6 nitrogen and oxygen atoms in total. The minimum Gasteiger partial charge on any atom is -0.472 e. The third kappa shape index (κ3) is 2.44. The summed E-state index contributed by atoms with van der Waals surface area (Å²) in [4.78, 5) is 11.8. The van der Waals surface area contributed by atoms with Gasteiger partial charge in [0.15, 0.2) is 5.82 Å². The molecule has 0 radical (unpaired) electrons. The van der Waals surface area contributed by atoms with Crippen LogP contribution in [-0.4, -0.2) is 20.7 Å². The Balaban J connectivity index is 1.73. The van der Waals surface area contributed by atoms with Crippen molar-refractivity contribution < 1.29 is 9.21 Å². The van der Waals surface area contributed by atoms with E-state index in [9.17, 15) is 4.79 Å². The van der Waals surface area contributed by atoms with Crippen LogP contribution in [0.15, 0.2) is 59.7 Å². The summed E-state index contributed by atoms with van der Waals surface area (Å²) in [6, 6.07) is 11.3. The summed E-state index contributed by atoms with van der Waals surface area (Å²) in [5.74, 6) is 0.453. The van der Waals surface area contributed by atoms with Gasteiger partial charge in [-0.3, -0.25) is 9.36 Å². The normalized spacial score (nSPS) is 10.4. The van der Waals surface area contributed by atoms with E-state index in [1.807, 2.05) is 34.9 Å². The van der Waals surface area contributed by atoms with Crippen LogP contribution in [0.2, 0.25) is 0 Å². The third-order valence-electron chi connectivity index (χ3n) is 2.84. The lowest BCUT2D eigenvalue weighted by atomic mass is 10.3. The van der Waals surface area contributed by atoms with Crippen LogP contribution in [0.25, 0.3) is 5.69 Å². The van der Waals surface area contributed by atoms with Crippen molar-refractivity contribution in [3.63, 3.8) is 0 Å². The minimum absolute atomic E-state index is 0.207. The van der Waals surface area contributed by atoms with E-state index in [1.54, 1.807) is 12.4 Å². The van der Waals surface area contributed by atoms with Crippen molar-refractivity contribution in [2.45, 2.75) is 6.54 Å². The van der Waals surface area contributed by atoms with Crippen LogP contribution in [0.4, 0.5) is 0 Å². The van der Waals surface area contributed by atoms with Gasteiger partial charge in [0, 0.05) is 5.69 Å². The number of amides is 1.